The molecule has 2 fully saturated rings. The molecule has 0 amide bonds. The van der Waals surface area contributed by atoms with Gasteiger partial charge in [0.05, 0.1) is 36.0 Å². The monoisotopic (exact) mass is 403 g/mol. The van der Waals surface area contributed by atoms with E-state index < -0.39 is 23.0 Å². The van der Waals surface area contributed by atoms with E-state index in [-0.39, 0.29) is 40.9 Å². The molecule has 6 atom stereocenters. The Bertz CT molecular complexity index is 1060. The fourth-order valence-electron chi connectivity index (χ4n) is 5.30. The molecule has 0 radical (unpaired) electrons. The van der Waals surface area contributed by atoms with Gasteiger partial charge in [0.25, 0.3) is 0 Å². The molecule has 7 heteroatoms. The largest absolute Gasteiger partial charge is 0.550 e. The van der Waals surface area contributed by atoms with Crippen LogP contribution in [0.25, 0.3) is 14.5 Å². The molecule has 3 heterocycles. The zero-order valence-electron chi connectivity index (χ0n) is 17.1. The van der Waals surface area contributed by atoms with Crippen molar-refractivity contribution in [2.45, 2.75) is 57.3 Å². The second-order valence-electron chi connectivity index (χ2n) is 8.67. The van der Waals surface area contributed by atoms with Crippen molar-refractivity contribution in [3.05, 3.63) is 69.3 Å². The minimum Gasteiger partial charge on any atom is -0.499 e. The number of carbonyl (C=O) groups excluding carboxylic acids is 2. The quantitative estimate of drug-likeness (QED) is 0.406. The SMILES string of the molecule is [C-]#[N+]C([N+]#[C-])=C1OC(C)(CCCC2C(=O)C3C4C=CC(C)(O4)C3C2=O)C(C)=C1[N+]#[C-]. The van der Waals surface area contributed by atoms with Crippen molar-refractivity contribution in [2.75, 3.05) is 0 Å². The summed E-state index contributed by atoms with van der Waals surface area (Å²) in [4.78, 5) is 35.7. The molecule has 7 nitrogen and oxygen atoms in total. The first-order valence-electron chi connectivity index (χ1n) is 9.93. The zero-order valence-corrected chi connectivity index (χ0v) is 17.1. The Hall–Kier alpha value is -3.21. The van der Waals surface area contributed by atoms with Crippen molar-refractivity contribution >= 4 is 11.6 Å². The van der Waals surface area contributed by atoms with E-state index in [9.17, 15) is 9.59 Å². The van der Waals surface area contributed by atoms with Gasteiger partial charge in [-0.05, 0) is 45.6 Å². The predicted molar refractivity (Wildman–Crippen MR) is 106 cm³/mol. The number of carbonyl (C=O) groups is 2. The predicted octanol–water partition coefficient (Wildman–Crippen LogP) is 3.87. The number of nitrogens with zero attached hydrogens (tertiary/aromatic N) is 3. The van der Waals surface area contributed by atoms with Crippen LogP contribution in [0.3, 0.4) is 0 Å². The number of hydrogen-bond acceptors (Lipinski definition) is 4. The van der Waals surface area contributed by atoms with Crippen molar-refractivity contribution in [1.82, 2.24) is 0 Å². The number of Topliss-reactive ketones (excluding diaryl/α,β-unsaturated/α-hetero) is 2. The highest BCUT2D eigenvalue weighted by Crippen LogP contribution is 2.53. The van der Waals surface area contributed by atoms with Crippen LogP contribution in [-0.4, -0.2) is 28.9 Å². The molecule has 2 bridgehead atoms. The standard InChI is InChI=1S/C23H21N3O4/c1-12-17(24-4)20(21(25-5)26-6)30-22(12,2)10-7-8-13-18(27)15-14-9-11-23(3,29-14)16(15)19(13)28/h9,11,13-16H,7-8,10H2,1-3H3. The molecule has 1 saturated heterocycles. The molecule has 0 aromatic heterocycles. The highest BCUT2D eigenvalue weighted by atomic mass is 16.5. The smallest absolute Gasteiger partial charge is 0.499 e. The lowest BCUT2D eigenvalue weighted by molar-refractivity contribution is -0.132. The molecule has 1 aliphatic carbocycles. The van der Waals surface area contributed by atoms with E-state index in [4.69, 9.17) is 29.2 Å². The Morgan fingerprint density at radius 1 is 1.17 bits per heavy atom. The Morgan fingerprint density at radius 2 is 1.87 bits per heavy atom. The third-order valence-electron chi connectivity index (χ3n) is 7.02. The van der Waals surface area contributed by atoms with Crippen LogP contribution in [0.15, 0.2) is 35.0 Å². The second-order valence-corrected chi connectivity index (χ2v) is 8.67. The maximum Gasteiger partial charge on any atom is 0.550 e. The van der Waals surface area contributed by atoms with Gasteiger partial charge in [-0.2, -0.15) is 9.69 Å². The number of ketones is 2. The molecule has 4 rings (SSSR count). The summed E-state index contributed by atoms with van der Waals surface area (Å²) in [5.74, 6) is -1.68. The molecule has 0 N–H and O–H groups in total. The summed E-state index contributed by atoms with van der Waals surface area (Å²) >= 11 is 0. The van der Waals surface area contributed by atoms with Gasteiger partial charge >= 0.3 is 5.82 Å². The lowest BCUT2D eigenvalue weighted by Crippen LogP contribution is -2.35. The first-order valence-corrected chi connectivity index (χ1v) is 9.93. The van der Waals surface area contributed by atoms with Gasteiger partial charge in [-0.25, -0.2) is 4.85 Å². The molecule has 3 aliphatic heterocycles. The molecule has 4 aliphatic rings. The number of ether oxygens (including phenoxy) is 2. The van der Waals surface area contributed by atoms with E-state index in [0.717, 1.165) is 0 Å². The maximum atomic E-state index is 13.0. The van der Waals surface area contributed by atoms with Gasteiger partial charge in [0.2, 0.25) is 11.5 Å². The highest BCUT2D eigenvalue weighted by Gasteiger charge is 2.65. The van der Waals surface area contributed by atoms with Crippen LogP contribution in [0.1, 0.15) is 40.0 Å². The van der Waals surface area contributed by atoms with Crippen LogP contribution in [0.2, 0.25) is 0 Å². The van der Waals surface area contributed by atoms with Crippen LogP contribution < -0.4 is 0 Å². The van der Waals surface area contributed by atoms with E-state index >= 15 is 0 Å². The maximum absolute atomic E-state index is 13.0. The molecule has 0 aromatic rings. The fourth-order valence-corrected chi connectivity index (χ4v) is 5.30. The summed E-state index contributed by atoms with van der Waals surface area (Å²) in [6.07, 6.45) is 4.95. The number of fused-ring (bicyclic) bond motifs is 5. The average molecular weight is 403 g/mol. The molecular weight excluding hydrogens is 382 g/mol. The molecule has 152 valence electrons. The molecule has 1 saturated carbocycles. The van der Waals surface area contributed by atoms with Crippen molar-refractivity contribution in [2.24, 2.45) is 17.8 Å². The second kappa shape index (κ2) is 6.66. The van der Waals surface area contributed by atoms with Crippen molar-refractivity contribution in [1.29, 1.82) is 0 Å². The van der Waals surface area contributed by atoms with E-state index in [1.54, 1.807) is 6.92 Å². The topological polar surface area (TPSA) is 65.7 Å². The Labute approximate surface area is 175 Å². The average Bonchev–Trinajstić information content (AvgIpc) is 3.38. The molecule has 6 unspecified atom stereocenters. The normalized spacial score (nSPS) is 38.3. The van der Waals surface area contributed by atoms with Gasteiger partial charge in [0, 0.05) is 0 Å². The van der Waals surface area contributed by atoms with Crippen LogP contribution in [0.5, 0.6) is 0 Å². The molecule has 0 spiro atoms. The lowest BCUT2D eigenvalue weighted by Gasteiger charge is -2.27. The summed E-state index contributed by atoms with van der Waals surface area (Å²) in [7, 11) is 0. The fraction of sp³-hybridized carbons (Fsp3) is 0.522. The lowest BCUT2D eigenvalue weighted by atomic mass is 9.78. The minimum absolute atomic E-state index is 0.0291. The van der Waals surface area contributed by atoms with E-state index in [2.05, 4.69) is 14.5 Å². The van der Waals surface area contributed by atoms with Gasteiger partial charge in [-0.1, -0.05) is 12.2 Å². The minimum atomic E-state index is -0.841. The van der Waals surface area contributed by atoms with Gasteiger partial charge in [0.15, 0.2) is 0 Å². The van der Waals surface area contributed by atoms with Crippen molar-refractivity contribution < 1.29 is 19.1 Å². The Balaban J connectivity index is 1.48. The zero-order chi connectivity index (χ0) is 21.8. The van der Waals surface area contributed by atoms with E-state index in [1.165, 1.54) is 0 Å². The summed E-state index contributed by atoms with van der Waals surface area (Å²) in [6, 6.07) is 0. The van der Waals surface area contributed by atoms with Crippen LogP contribution in [0, 0.1) is 37.5 Å². The number of hydrogen-bond donors (Lipinski definition) is 0. The van der Waals surface area contributed by atoms with Gasteiger partial charge in [-0.3, -0.25) is 9.59 Å². The highest BCUT2D eigenvalue weighted by molar-refractivity contribution is 6.13. The third-order valence-corrected chi connectivity index (χ3v) is 7.02. The summed E-state index contributed by atoms with van der Waals surface area (Å²) in [5, 5.41) is 0. The van der Waals surface area contributed by atoms with Gasteiger partial charge in [0.1, 0.15) is 30.3 Å². The van der Waals surface area contributed by atoms with Gasteiger partial charge in [-0.15, -0.1) is 0 Å². The molecule has 0 aromatic carbocycles. The van der Waals surface area contributed by atoms with Crippen molar-refractivity contribution in [3.8, 4) is 0 Å². The molecular formula is C23H21N3O4. The first kappa shape index (κ1) is 20.1. The first-order chi connectivity index (χ1) is 14.2. The summed E-state index contributed by atoms with van der Waals surface area (Å²) in [5.41, 5.74) is -0.640. The Morgan fingerprint density at radius 3 is 2.47 bits per heavy atom. The van der Waals surface area contributed by atoms with Crippen molar-refractivity contribution in [3.63, 3.8) is 0 Å². The van der Waals surface area contributed by atoms with Crippen LogP contribution in [0.4, 0.5) is 0 Å². The van der Waals surface area contributed by atoms with E-state index in [0.29, 0.717) is 24.8 Å². The summed E-state index contributed by atoms with van der Waals surface area (Å²) < 4.78 is 11.8. The van der Waals surface area contributed by atoms with E-state index in [1.807, 2.05) is 26.0 Å². The van der Waals surface area contributed by atoms with Gasteiger partial charge < -0.3 is 9.47 Å². The Kier molecular flexibility index (Phi) is 4.46. The number of rotatable bonds is 4. The molecule has 30 heavy (non-hydrogen) atoms. The van der Waals surface area contributed by atoms with Crippen LogP contribution in [-0.2, 0) is 19.1 Å². The third kappa shape index (κ3) is 2.58. The van der Waals surface area contributed by atoms with Crippen LogP contribution >= 0.6 is 0 Å². The summed E-state index contributed by atoms with van der Waals surface area (Å²) in [6.45, 7) is 27.2.